The van der Waals surface area contributed by atoms with Crippen LogP contribution in [0, 0.1) is 13.8 Å². The van der Waals surface area contributed by atoms with Gasteiger partial charge in [0.25, 0.3) is 5.91 Å². The minimum Gasteiger partial charge on any atom is -0.347 e. The third-order valence-corrected chi connectivity index (χ3v) is 6.94. The van der Waals surface area contributed by atoms with E-state index < -0.39 is 0 Å². The van der Waals surface area contributed by atoms with Crippen LogP contribution in [-0.2, 0) is 13.1 Å². The van der Waals surface area contributed by atoms with Crippen LogP contribution in [0.25, 0.3) is 5.69 Å². The van der Waals surface area contributed by atoms with Gasteiger partial charge in [0.05, 0.1) is 17.9 Å². The van der Waals surface area contributed by atoms with Crippen LogP contribution in [0.2, 0.25) is 0 Å². The summed E-state index contributed by atoms with van der Waals surface area (Å²) in [5.74, 6) is 1.15. The average molecular weight is 488 g/mol. The van der Waals surface area contributed by atoms with Crippen LogP contribution in [0.5, 0.6) is 0 Å². The van der Waals surface area contributed by atoms with Gasteiger partial charge in [-0.15, -0.1) is 5.10 Å². The maximum atomic E-state index is 13.1. The molecule has 3 heterocycles. The molecule has 1 aliphatic rings. The van der Waals surface area contributed by atoms with Gasteiger partial charge in [0.2, 0.25) is 0 Å². The molecule has 0 radical (unpaired) electrons. The van der Waals surface area contributed by atoms with Crippen molar-refractivity contribution in [2.24, 2.45) is 0 Å². The SMILES string of the molecule is Cc1nc(N2CCN(Cc3nc(C)n(-c4ccccc4)n3)C2=O)sc1C(=O)NCc1ccccc1. The van der Waals surface area contributed by atoms with Crippen LogP contribution in [-0.4, -0.2) is 49.7 Å². The zero-order chi connectivity index (χ0) is 24.4. The van der Waals surface area contributed by atoms with Crippen LogP contribution in [0.1, 0.15) is 32.6 Å². The van der Waals surface area contributed by atoms with Gasteiger partial charge in [-0.2, -0.15) is 0 Å². The van der Waals surface area contributed by atoms with Crippen molar-refractivity contribution in [1.29, 1.82) is 0 Å². The normalized spacial score (nSPS) is 13.5. The van der Waals surface area contributed by atoms with Crippen LogP contribution in [0.15, 0.2) is 60.7 Å². The van der Waals surface area contributed by atoms with Gasteiger partial charge in [-0.25, -0.2) is 19.4 Å². The third kappa shape index (κ3) is 4.78. The minimum atomic E-state index is -0.190. The van der Waals surface area contributed by atoms with Crippen LogP contribution < -0.4 is 10.2 Å². The lowest BCUT2D eigenvalue weighted by Crippen LogP contribution is -2.31. The molecule has 35 heavy (non-hydrogen) atoms. The number of nitrogens with one attached hydrogen (secondary N) is 1. The van der Waals surface area contributed by atoms with E-state index in [0.717, 1.165) is 17.1 Å². The molecule has 1 saturated heterocycles. The van der Waals surface area contributed by atoms with E-state index in [2.05, 4.69) is 20.4 Å². The first-order chi connectivity index (χ1) is 17.0. The van der Waals surface area contributed by atoms with E-state index in [0.29, 0.717) is 47.7 Å². The molecule has 1 fully saturated rings. The number of hydrogen-bond donors (Lipinski definition) is 1. The zero-order valence-electron chi connectivity index (χ0n) is 19.5. The first-order valence-electron chi connectivity index (χ1n) is 11.3. The first-order valence-corrected chi connectivity index (χ1v) is 12.1. The van der Waals surface area contributed by atoms with E-state index >= 15 is 0 Å². The number of aromatic nitrogens is 4. The number of carbonyl (C=O) groups is 2. The van der Waals surface area contributed by atoms with Gasteiger partial charge >= 0.3 is 6.03 Å². The highest BCUT2D eigenvalue weighted by atomic mass is 32.1. The van der Waals surface area contributed by atoms with Crippen LogP contribution >= 0.6 is 11.3 Å². The summed E-state index contributed by atoms with van der Waals surface area (Å²) >= 11 is 1.24. The largest absolute Gasteiger partial charge is 0.347 e. The number of para-hydroxylation sites is 1. The topological polar surface area (TPSA) is 96.2 Å². The molecule has 0 spiro atoms. The number of thiazole rings is 1. The lowest BCUT2D eigenvalue weighted by Gasteiger charge is -2.15. The lowest BCUT2D eigenvalue weighted by atomic mass is 10.2. The van der Waals surface area contributed by atoms with Crippen molar-refractivity contribution < 1.29 is 9.59 Å². The highest BCUT2D eigenvalue weighted by Gasteiger charge is 2.33. The van der Waals surface area contributed by atoms with E-state index in [4.69, 9.17) is 0 Å². The maximum absolute atomic E-state index is 13.1. The Balaban J connectivity index is 1.25. The van der Waals surface area contributed by atoms with E-state index in [1.54, 1.807) is 21.4 Å². The van der Waals surface area contributed by atoms with Crippen molar-refractivity contribution in [1.82, 2.24) is 30.0 Å². The number of aryl methyl sites for hydroxylation is 2. The van der Waals surface area contributed by atoms with Gasteiger partial charge in [-0.1, -0.05) is 59.9 Å². The number of urea groups is 1. The van der Waals surface area contributed by atoms with E-state index in [1.807, 2.05) is 67.6 Å². The molecule has 1 N–H and O–H groups in total. The predicted molar refractivity (Wildman–Crippen MR) is 134 cm³/mol. The Hall–Kier alpha value is -4.05. The fourth-order valence-corrected chi connectivity index (χ4v) is 4.97. The number of anilines is 1. The number of hydrogen-bond acceptors (Lipinski definition) is 6. The number of amides is 3. The number of rotatable bonds is 7. The lowest BCUT2D eigenvalue weighted by molar-refractivity contribution is 0.0954. The number of nitrogens with zero attached hydrogens (tertiary/aromatic N) is 6. The molecule has 0 atom stereocenters. The summed E-state index contributed by atoms with van der Waals surface area (Å²) < 4.78 is 1.78. The minimum absolute atomic E-state index is 0.163. The van der Waals surface area contributed by atoms with E-state index in [1.165, 1.54) is 11.3 Å². The molecule has 4 aromatic rings. The van der Waals surface area contributed by atoms with Gasteiger partial charge in [-0.05, 0) is 31.5 Å². The molecule has 10 heteroatoms. The second kappa shape index (κ2) is 9.67. The second-order valence-electron chi connectivity index (χ2n) is 8.26. The Morgan fingerprint density at radius 3 is 2.46 bits per heavy atom. The van der Waals surface area contributed by atoms with Gasteiger partial charge in [0.15, 0.2) is 11.0 Å². The van der Waals surface area contributed by atoms with Gasteiger partial charge in [-0.3, -0.25) is 9.69 Å². The quantitative estimate of drug-likeness (QED) is 0.429. The van der Waals surface area contributed by atoms with Gasteiger partial charge in [0, 0.05) is 19.6 Å². The maximum Gasteiger partial charge on any atom is 0.326 e. The molecule has 3 amide bonds. The molecule has 9 nitrogen and oxygen atoms in total. The molecule has 178 valence electrons. The predicted octanol–water partition coefficient (Wildman–Crippen LogP) is 3.71. The molecule has 2 aromatic heterocycles. The second-order valence-corrected chi connectivity index (χ2v) is 9.24. The summed E-state index contributed by atoms with van der Waals surface area (Å²) in [6, 6.07) is 19.3. The Morgan fingerprint density at radius 1 is 1.00 bits per heavy atom. The summed E-state index contributed by atoms with van der Waals surface area (Å²) in [7, 11) is 0. The standard InChI is InChI=1S/C25H25N7O2S/c1-17-22(23(33)26-15-19-9-5-3-6-10-19)35-24(27-17)31-14-13-30(25(31)34)16-21-28-18(2)32(29-21)20-11-7-4-8-12-20/h3-12H,13-16H2,1-2H3,(H,26,33). The number of carbonyl (C=O) groups excluding carboxylic acids is 2. The molecule has 5 rings (SSSR count). The van der Waals surface area contributed by atoms with E-state index in [-0.39, 0.29) is 11.9 Å². The van der Waals surface area contributed by atoms with Gasteiger partial charge in [0.1, 0.15) is 10.7 Å². The summed E-state index contributed by atoms with van der Waals surface area (Å²) in [5, 5.41) is 8.05. The van der Waals surface area contributed by atoms with Crippen molar-refractivity contribution in [3.8, 4) is 5.69 Å². The molecular weight excluding hydrogens is 462 g/mol. The fourth-order valence-electron chi connectivity index (χ4n) is 3.97. The molecule has 0 saturated carbocycles. The van der Waals surface area contributed by atoms with Crippen molar-refractivity contribution in [2.75, 3.05) is 18.0 Å². The van der Waals surface area contributed by atoms with E-state index in [9.17, 15) is 9.59 Å². The van der Waals surface area contributed by atoms with Crippen molar-refractivity contribution in [2.45, 2.75) is 26.9 Å². The Kier molecular flexibility index (Phi) is 6.28. The summed E-state index contributed by atoms with van der Waals surface area (Å²) in [6.45, 7) is 5.46. The number of benzene rings is 2. The average Bonchev–Trinajstić information content (AvgIpc) is 3.55. The Bertz CT molecular complexity index is 1350. The molecule has 1 aliphatic heterocycles. The monoisotopic (exact) mass is 487 g/mol. The molecule has 0 bridgehead atoms. The molecule has 2 aromatic carbocycles. The Labute approximate surface area is 207 Å². The summed E-state index contributed by atoms with van der Waals surface area (Å²) in [4.78, 5) is 38.8. The first kappa shape index (κ1) is 22.7. The van der Waals surface area contributed by atoms with Crippen molar-refractivity contribution in [3.05, 3.63) is 88.4 Å². The molecule has 0 aliphatic carbocycles. The summed E-state index contributed by atoms with van der Waals surface area (Å²) in [5.41, 5.74) is 2.56. The van der Waals surface area contributed by atoms with Crippen molar-refractivity contribution >= 4 is 28.4 Å². The van der Waals surface area contributed by atoms with Gasteiger partial charge < -0.3 is 10.2 Å². The molecule has 0 unspecified atom stereocenters. The fraction of sp³-hybridized carbons (Fsp3) is 0.240. The summed E-state index contributed by atoms with van der Waals surface area (Å²) in [6.07, 6.45) is 0. The zero-order valence-corrected chi connectivity index (χ0v) is 20.3. The molecular formula is C25H25N7O2S. The highest BCUT2D eigenvalue weighted by Crippen LogP contribution is 2.29. The Morgan fingerprint density at radius 2 is 1.71 bits per heavy atom. The van der Waals surface area contributed by atoms with Crippen LogP contribution in [0.4, 0.5) is 9.93 Å². The third-order valence-electron chi connectivity index (χ3n) is 5.76. The smallest absolute Gasteiger partial charge is 0.326 e. The van der Waals surface area contributed by atoms with Crippen molar-refractivity contribution in [3.63, 3.8) is 0 Å². The highest BCUT2D eigenvalue weighted by molar-refractivity contribution is 7.17. The van der Waals surface area contributed by atoms with Crippen LogP contribution in [0.3, 0.4) is 0 Å².